The fourth-order valence-corrected chi connectivity index (χ4v) is 2.12. The third-order valence-corrected chi connectivity index (χ3v) is 3.21. The number of furan rings is 1. The van der Waals surface area contributed by atoms with Crippen molar-refractivity contribution < 1.29 is 4.42 Å². The Hall–Kier alpha value is -2.56. The molecule has 0 fully saturated rings. The summed E-state index contributed by atoms with van der Waals surface area (Å²) in [6, 6.07) is 12.1. The molecule has 0 amide bonds. The highest BCUT2D eigenvalue weighted by molar-refractivity contribution is 5.60. The van der Waals surface area contributed by atoms with E-state index >= 15 is 0 Å². The lowest BCUT2D eigenvalue weighted by molar-refractivity contribution is 0.490. The fraction of sp³-hybridized carbons (Fsp3) is 0.200. The third kappa shape index (κ3) is 2.42. The van der Waals surface area contributed by atoms with Gasteiger partial charge < -0.3 is 14.3 Å². The number of aromatic nitrogens is 3. The van der Waals surface area contributed by atoms with Gasteiger partial charge in [0.2, 0.25) is 0 Å². The van der Waals surface area contributed by atoms with Gasteiger partial charge in [-0.2, -0.15) is 0 Å². The van der Waals surface area contributed by atoms with Crippen molar-refractivity contribution in [3.63, 3.8) is 0 Å². The van der Waals surface area contributed by atoms with Crippen LogP contribution in [0.3, 0.4) is 0 Å². The average molecular weight is 268 g/mol. The highest BCUT2D eigenvalue weighted by Gasteiger charge is 2.08. The minimum atomic E-state index is 0.130. The molecule has 1 aromatic carbocycles. The van der Waals surface area contributed by atoms with Gasteiger partial charge in [-0.3, -0.25) is 0 Å². The normalized spacial score (nSPS) is 12.3. The van der Waals surface area contributed by atoms with Crippen LogP contribution in [0.15, 0.2) is 53.4 Å². The van der Waals surface area contributed by atoms with E-state index in [1.165, 1.54) is 0 Å². The first-order valence-corrected chi connectivity index (χ1v) is 6.48. The maximum Gasteiger partial charge on any atom is 0.163 e. The van der Waals surface area contributed by atoms with E-state index in [2.05, 4.69) is 22.4 Å². The van der Waals surface area contributed by atoms with E-state index in [9.17, 15) is 0 Å². The predicted octanol–water partition coefficient (Wildman–Crippen LogP) is 3.25. The van der Waals surface area contributed by atoms with Crippen LogP contribution in [0.5, 0.6) is 0 Å². The van der Waals surface area contributed by atoms with Gasteiger partial charge in [0.15, 0.2) is 5.82 Å². The monoisotopic (exact) mass is 268 g/mol. The number of hydrogen-bond acceptors (Lipinski definition) is 4. The molecule has 0 saturated carbocycles. The fourth-order valence-electron chi connectivity index (χ4n) is 2.12. The van der Waals surface area contributed by atoms with Gasteiger partial charge in [0.1, 0.15) is 12.1 Å². The standard InChI is InChI=1S/C15H16N4O/c1-11(14-4-3-9-20-14)17-13-7-5-12(6-8-13)15-18-16-10-19(15)2/h3-11,17H,1-2H3. The maximum atomic E-state index is 5.38. The second-order valence-corrected chi connectivity index (χ2v) is 4.72. The van der Waals surface area contributed by atoms with Crippen LogP contribution in [-0.2, 0) is 7.05 Å². The Morgan fingerprint density at radius 3 is 2.60 bits per heavy atom. The predicted molar refractivity (Wildman–Crippen MR) is 77.2 cm³/mol. The molecule has 102 valence electrons. The summed E-state index contributed by atoms with van der Waals surface area (Å²) < 4.78 is 7.28. The first kappa shape index (κ1) is 12.5. The summed E-state index contributed by atoms with van der Waals surface area (Å²) in [7, 11) is 1.93. The Morgan fingerprint density at radius 2 is 2.00 bits per heavy atom. The van der Waals surface area contributed by atoms with Gasteiger partial charge in [-0.15, -0.1) is 10.2 Å². The van der Waals surface area contributed by atoms with Crippen LogP contribution in [-0.4, -0.2) is 14.8 Å². The van der Waals surface area contributed by atoms with Crippen molar-refractivity contribution in [2.45, 2.75) is 13.0 Å². The van der Waals surface area contributed by atoms with Crippen molar-refractivity contribution in [3.05, 3.63) is 54.7 Å². The van der Waals surface area contributed by atoms with Gasteiger partial charge in [-0.1, -0.05) is 0 Å². The Labute approximate surface area is 117 Å². The number of hydrogen-bond donors (Lipinski definition) is 1. The van der Waals surface area contributed by atoms with Crippen LogP contribution in [0.4, 0.5) is 5.69 Å². The highest BCUT2D eigenvalue weighted by Crippen LogP contribution is 2.22. The summed E-state index contributed by atoms with van der Waals surface area (Å²) in [6.45, 7) is 2.06. The third-order valence-electron chi connectivity index (χ3n) is 3.21. The van der Waals surface area contributed by atoms with Crippen molar-refractivity contribution in [2.24, 2.45) is 7.05 Å². The molecule has 0 radical (unpaired) electrons. The van der Waals surface area contributed by atoms with E-state index in [-0.39, 0.29) is 6.04 Å². The zero-order valence-electron chi connectivity index (χ0n) is 11.4. The van der Waals surface area contributed by atoms with Crippen molar-refractivity contribution in [3.8, 4) is 11.4 Å². The lowest BCUT2D eigenvalue weighted by Crippen LogP contribution is -2.05. The minimum Gasteiger partial charge on any atom is -0.467 e. The summed E-state index contributed by atoms with van der Waals surface area (Å²) in [5.41, 5.74) is 2.08. The summed E-state index contributed by atoms with van der Waals surface area (Å²) in [5.74, 6) is 1.78. The molecule has 0 bridgehead atoms. The molecule has 1 atom stereocenters. The van der Waals surface area contributed by atoms with E-state index in [0.717, 1.165) is 22.8 Å². The van der Waals surface area contributed by atoms with Crippen molar-refractivity contribution in [2.75, 3.05) is 5.32 Å². The molecule has 0 aliphatic heterocycles. The van der Waals surface area contributed by atoms with E-state index in [1.807, 2.05) is 48.0 Å². The van der Waals surface area contributed by atoms with Gasteiger partial charge >= 0.3 is 0 Å². The zero-order chi connectivity index (χ0) is 13.9. The molecule has 3 rings (SSSR count). The maximum absolute atomic E-state index is 5.38. The summed E-state index contributed by atoms with van der Waals surface area (Å²) >= 11 is 0. The van der Waals surface area contributed by atoms with Crippen LogP contribution in [0.1, 0.15) is 18.7 Å². The molecule has 0 spiro atoms. The van der Waals surface area contributed by atoms with E-state index in [1.54, 1.807) is 12.6 Å². The molecule has 0 aliphatic carbocycles. The van der Waals surface area contributed by atoms with Crippen molar-refractivity contribution in [1.29, 1.82) is 0 Å². The second-order valence-electron chi connectivity index (χ2n) is 4.72. The average Bonchev–Trinajstić information content (AvgIpc) is 3.11. The molecule has 3 aromatic rings. The van der Waals surface area contributed by atoms with Crippen molar-refractivity contribution >= 4 is 5.69 Å². The molecule has 1 unspecified atom stereocenters. The van der Waals surface area contributed by atoms with Gasteiger partial charge in [0.05, 0.1) is 12.3 Å². The van der Waals surface area contributed by atoms with Crippen LogP contribution < -0.4 is 5.32 Å². The van der Waals surface area contributed by atoms with Crippen molar-refractivity contribution in [1.82, 2.24) is 14.8 Å². The van der Waals surface area contributed by atoms with Crippen LogP contribution >= 0.6 is 0 Å². The van der Waals surface area contributed by atoms with Gasteiger partial charge in [0.25, 0.3) is 0 Å². The summed E-state index contributed by atoms with van der Waals surface area (Å²) in [6.07, 6.45) is 3.38. The smallest absolute Gasteiger partial charge is 0.163 e. The molecule has 1 N–H and O–H groups in total. The number of anilines is 1. The molecule has 5 nitrogen and oxygen atoms in total. The Morgan fingerprint density at radius 1 is 1.20 bits per heavy atom. The minimum absolute atomic E-state index is 0.130. The van der Waals surface area contributed by atoms with Crippen LogP contribution in [0.2, 0.25) is 0 Å². The van der Waals surface area contributed by atoms with E-state index < -0.39 is 0 Å². The first-order valence-electron chi connectivity index (χ1n) is 6.48. The molecule has 2 heterocycles. The molecule has 0 saturated heterocycles. The number of aryl methyl sites for hydroxylation is 1. The lowest BCUT2D eigenvalue weighted by atomic mass is 10.1. The number of nitrogens with one attached hydrogen (secondary N) is 1. The quantitative estimate of drug-likeness (QED) is 0.789. The molecular formula is C15H16N4O. The topological polar surface area (TPSA) is 55.9 Å². The number of nitrogens with zero attached hydrogens (tertiary/aromatic N) is 3. The number of rotatable bonds is 4. The Kier molecular flexibility index (Phi) is 3.25. The largest absolute Gasteiger partial charge is 0.467 e. The van der Waals surface area contributed by atoms with Gasteiger partial charge in [-0.05, 0) is 43.3 Å². The molecule has 0 aliphatic rings. The molecule has 5 heteroatoms. The van der Waals surface area contributed by atoms with Gasteiger partial charge in [-0.25, -0.2) is 0 Å². The van der Waals surface area contributed by atoms with Gasteiger partial charge in [0, 0.05) is 18.3 Å². The highest BCUT2D eigenvalue weighted by atomic mass is 16.3. The zero-order valence-corrected chi connectivity index (χ0v) is 11.4. The van der Waals surface area contributed by atoms with Crippen LogP contribution in [0, 0.1) is 0 Å². The Balaban J connectivity index is 1.75. The SMILES string of the molecule is CC(Nc1ccc(-c2nncn2C)cc1)c1ccco1. The van der Waals surface area contributed by atoms with E-state index in [4.69, 9.17) is 4.42 Å². The Bertz CT molecular complexity index is 670. The molecule has 2 aromatic heterocycles. The molecular weight excluding hydrogens is 252 g/mol. The molecule has 20 heavy (non-hydrogen) atoms. The first-order chi connectivity index (χ1) is 9.74. The summed E-state index contributed by atoms with van der Waals surface area (Å²) in [5, 5.41) is 11.4. The number of benzene rings is 1. The van der Waals surface area contributed by atoms with Crippen LogP contribution in [0.25, 0.3) is 11.4 Å². The van der Waals surface area contributed by atoms with E-state index in [0.29, 0.717) is 0 Å². The lowest BCUT2D eigenvalue weighted by Gasteiger charge is -2.13. The summed E-state index contributed by atoms with van der Waals surface area (Å²) in [4.78, 5) is 0. The second kappa shape index (κ2) is 5.21.